The fourth-order valence-corrected chi connectivity index (χ4v) is 3.14. The largest absolute Gasteiger partial charge is 0.304 e. The summed E-state index contributed by atoms with van der Waals surface area (Å²) in [5, 5.41) is 8.50. The lowest BCUT2D eigenvalue weighted by Gasteiger charge is -2.21. The Labute approximate surface area is 131 Å². The zero-order valence-electron chi connectivity index (χ0n) is 12.5. The molecule has 0 aliphatic heterocycles. The average molecular weight is 304 g/mol. The van der Waals surface area contributed by atoms with Crippen molar-refractivity contribution in [1.29, 1.82) is 5.41 Å². The number of rotatable bonds is 4. The second-order valence-electron chi connectivity index (χ2n) is 5.68. The molecular weight excluding hydrogens is 282 g/mol. The van der Waals surface area contributed by atoms with Crippen LogP contribution in [-0.4, -0.2) is 17.4 Å². The van der Waals surface area contributed by atoms with Crippen molar-refractivity contribution in [2.75, 3.05) is 5.88 Å². The summed E-state index contributed by atoms with van der Waals surface area (Å²) in [6, 6.07) is 8.10. The van der Waals surface area contributed by atoms with Crippen LogP contribution in [-0.2, 0) is 4.79 Å². The molecule has 0 saturated heterocycles. The Kier molecular flexibility index (Phi) is 5.75. The molecule has 0 heterocycles. The van der Waals surface area contributed by atoms with Gasteiger partial charge in [0.2, 0.25) is 0 Å². The Morgan fingerprint density at radius 2 is 2.10 bits per heavy atom. The van der Waals surface area contributed by atoms with Crippen LogP contribution >= 0.6 is 11.6 Å². The van der Waals surface area contributed by atoms with Crippen molar-refractivity contribution >= 4 is 23.1 Å². The van der Waals surface area contributed by atoms with Gasteiger partial charge in [-0.05, 0) is 55.7 Å². The van der Waals surface area contributed by atoms with Crippen molar-refractivity contribution < 1.29 is 4.79 Å². The third-order valence-electron chi connectivity index (χ3n) is 4.23. The molecule has 2 rings (SSSR count). The molecule has 1 aliphatic carbocycles. The molecule has 0 radical (unpaired) electrons. The molecule has 2 nitrogen and oxygen atoms in total. The van der Waals surface area contributed by atoms with Gasteiger partial charge in [0.05, 0.1) is 5.88 Å². The van der Waals surface area contributed by atoms with E-state index in [1.54, 1.807) is 0 Å². The zero-order chi connectivity index (χ0) is 15.2. The minimum atomic E-state index is 0.0593. The second-order valence-corrected chi connectivity index (χ2v) is 5.95. The smallest absolute Gasteiger partial charge is 0.173 e. The Morgan fingerprint density at radius 1 is 1.33 bits per heavy atom. The normalized spacial score (nSPS) is 21.8. The maximum atomic E-state index is 11.7. The minimum absolute atomic E-state index is 0.0593. The number of carbonyl (C=O) groups is 1. The number of aryl methyl sites for hydroxylation is 1. The van der Waals surface area contributed by atoms with E-state index in [-0.39, 0.29) is 17.6 Å². The third-order valence-corrected chi connectivity index (χ3v) is 4.47. The molecule has 1 unspecified atom stereocenters. The highest BCUT2D eigenvalue weighted by Gasteiger charge is 2.20. The van der Waals surface area contributed by atoms with E-state index >= 15 is 0 Å². The summed E-state index contributed by atoms with van der Waals surface area (Å²) in [5.41, 5.74) is 3.85. The van der Waals surface area contributed by atoms with Gasteiger partial charge < -0.3 is 5.41 Å². The van der Waals surface area contributed by atoms with Crippen LogP contribution in [0.4, 0.5) is 0 Å². The predicted molar refractivity (Wildman–Crippen MR) is 88.4 cm³/mol. The van der Waals surface area contributed by atoms with Gasteiger partial charge in [0.15, 0.2) is 5.78 Å². The van der Waals surface area contributed by atoms with Crippen molar-refractivity contribution in [2.45, 2.75) is 39.0 Å². The summed E-state index contributed by atoms with van der Waals surface area (Å²) in [6.45, 7) is 2.06. The van der Waals surface area contributed by atoms with E-state index < -0.39 is 0 Å². The number of alkyl halides is 1. The van der Waals surface area contributed by atoms with Crippen molar-refractivity contribution in [3.8, 4) is 0 Å². The molecule has 1 N–H and O–H groups in total. The fourth-order valence-electron chi connectivity index (χ4n) is 2.97. The summed E-state index contributed by atoms with van der Waals surface area (Å²) < 4.78 is 0. The van der Waals surface area contributed by atoms with E-state index in [1.807, 2.05) is 24.3 Å². The maximum Gasteiger partial charge on any atom is 0.173 e. The monoisotopic (exact) mass is 303 g/mol. The summed E-state index contributed by atoms with van der Waals surface area (Å²) in [7, 11) is 0. The number of hydrogen-bond acceptors (Lipinski definition) is 2. The van der Waals surface area contributed by atoms with E-state index in [4.69, 9.17) is 17.0 Å². The van der Waals surface area contributed by atoms with Gasteiger partial charge in [-0.2, -0.15) is 0 Å². The molecule has 1 aromatic rings. The van der Waals surface area contributed by atoms with Gasteiger partial charge in [-0.1, -0.05) is 30.3 Å². The SMILES string of the molecule is Cc1ccccc1C(=N)C1CC/C=C(\C(=O)CCl)CCC1. The van der Waals surface area contributed by atoms with Crippen LogP contribution in [0.25, 0.3) is 0 Å². The van der Waals surface area contributed by atoms with Crippen LogP contribution < -0.4 is 0 Å². The standard InChI is InChI=1S/C18H22ClNO/c1-13-6-2-3-11-16(13)18(20)15-9-4-7-14(8-5-10-15)17(21)12-19/h2-3,6-7,11,15,20H,4-5,8-10,12H2,1H3/b14-7-,20-18?. The van der Waals surface area contributed by atoms with Crippen molar-refractivity contribution in [2.24, 2.45) is 5.92 Å². The van der Waals surface area contributed by atoms with Gasteiger partial charge in [0.1, 0.15) is 0 Å². The van der Waals surface area contributed by atoms with Crippen molar-refractivity contribution in [3.05, 3.63) is 47.0 Å². The number of halogens is 1. The molecule has 0 fully saturated rings. The number of nitrogens with one attached hydrogen (secondary N) is 1. The number of benzene rings is 1. The molecule has 1 aromatic carbocycles. The van der Waals surface area contributed by atoms with Gasteiger partial charge in [-0.15, -0.1) is 11.6 Å². The van der Waals surface area contributed by atoms with E-state index in [0.29, 0.717) is 0 Å². The lowest BCUT2D eigenvalue weighted by Crippen LogP contribution is -2.18. The van der Waals surface area contributed by atoms with E-state index in [0.717, 1.165) is 54.5 Å². The van der Waals surface area contributed by atoms with Crippen LogP contribution in [0.2, 0.25) is 0 Å². The lowest BCUT2D eigenvalue weighted by atomic mass is 9.84. The molecule has 21 heavy (non-hydrogen) atoms. The maximum absolute atomic E-state index is 11.7. The van der Waals surface area contributed by atoms with E-state index in [2.05, 4.69) is 13.0 Å². The Morgan fingerprint density at radius 3 is 2.81 bits per heavy atom. The molecule has 1 atom stereocenters. The summed E-state index contributed by atoms with van der Waals surface area (Å²) in [5.74, 6) is 0.424. The number of carbonyl (C=O) groups excluding carboxylic acids is 1. The second kappa shape index (κ2) is 7.56. The molecule has 0 spiro atoms. The number of Topliss-reactive ketones (excluding diaryl/α,β-unsaturated/α-hetero) is 1. The highest BCUT2D eigenvalue weighted by atomic mass is 35.5. The minimum Gasteiger partial charge on any atom is -0.304 e. The molecule has 3 heteroatoms. The van der Waals surface area contributed by atoms with Gasteiger partial charge in [-0.3, -0.25) is 4.79 Å². The number of allylic oxidation sites excluding steroid dienone is 2. The highest BCUT2D eigenvalue weighted by Crippen LogP contribution is 2.26. The van der Waals surface area contributed by atoms with Gasteiger partial charge in [0, 0.05) is 11.6 Å². The van der Waals surface area contributed by atoms with Gasteiger partial charge in [0.25, 0.3) is 0 Å². The Balaban J connectivity index is 2.07. The number of ketones is 1. The van der Waals surface area contributed by atoms with Gasteiger partial charge >= 0.3 is 0 Å². The van der Waals surface area contributed by atoms with E-state index in [1.165, 1.54) is 0 Å². The third kappa shape index (κ3) is 4.04. The first-order valence-electron chi connectivity index (χ1n) is 7.56. The first kappa shape index (κ1) is 16.0. The predicted octanol–water partition coefficient (Wildman–Crippen LogP) is 4.68. The van der Waals surface area contributed by atoms with Crippen LogP contribution in [0.3, 0.4) is 0 Å². The van der Waals surface area contributed by atoms with Crippen LogP contribution in [0, 0.1) is 18.3 Å². The molecule has 112 valence electrons. The first-order valence-corrected chi connectivity index (χ1v) is 8.09. The quantitative estimate of drug-likeness (QED) is 0.637. The Bertz CT molecular complexity index is 562. The zero-order valence-corrected chi connectivity index (χ0v) is 13.2. The summed E-state index contributed by atoms with van der Waals surface area (Å²) >= 11 is 5.63. The lowest BCUT2D eigenvalue weighted by molar-refractivity contribution is -0.113. The molecule has 1 aliphatic rings. The molecular formula is C18H22ClNO. The van der Waals surface area contributed by atoms with Crippen LogP contribution in [0.1, 0.15) is 43.2 Å². The van der Waals surface area contributed by atoms with Gasteiger partial charge in [-0.25, -0.2) is 0 Å². The van der Waals surface area contributed by atoms with Crippen molar-refractivity contribution in [3.63, 3.8) is 0 Å². The summed E-state index contributed by atoms with van der Waals surface area (Å²) in [6.07, 6.45) is 6.54. The van der Waals surface area contributed by atoms with Crippen LogP contribution in [0.5, 0.6) is 0 Å². The first-order chi connectivity index (χ1) is 10.1. The summed E-state index contributed by atoms with van der Waals surface area (Å²) in [4.78, 5) is 11.7. The number of hydrogen-bond donors (Lipinski definition) is 1. The highest BCUT2D eigenvalue weighted by molar-refractivity contribution is 6.30. The topological polar surface area (TPSA) is 40.9 Å². The fraction of sp³-hybridized carbons (Fsp3) is 0.444. The molecule has 0 aromatic heterocycles. The average Bonchev–Trinajstić information content (AvgIpc) is 2.46. The Hall–Kier alpha value is -1.41. The molecule has 0 bridgehead atoms. The molecule has 0 amide bonds. The molecule has 0 saturated carbocycles. The van der Waals surface area contributed by atoms with Crippen molar-refractivity contribution in [1.82, 2.24) is 0 Å². The van der Waals surface area contributed by atoms with Crippen LogP contribution in [0.15, 0.2) is 35.9 Å². The van der Waals surface area contributed by atoms with E-state index in [9.17, 15) is 4.79 Å².